The van der Waals surface area contributed by atoms with E-state index in [2.05, 4.69) is 6.92 Å². The van der Waals surface area contributed by atoms with Crippen molar-refractivity contribution in [2.75, 3.05) is 0 Å². The van der Waals surface area contributed by atoms with Gasteiger partial charge in [0, 0.05) is 17.5 Å². The van der Waals surface area contributed by atoms with Crippen LogP contribution in [0.5, 0.6) is 5.75 Å². The summed E-state index contributed by atoms with van der Waals surface area (Å²) in [5.41, 5.74) is -1.94. The van der Waals surface area contributed by atoms with Gasteiger partial charge in [-0.15, -0.1) is 0 Å². The molecule has 120 valence electrons. The lowest BCUT2D eigenvalue weighted by Crippen LogP contribution is -2.11. The molecule has 1 heterocycles. The van der Waals surface area contributed by atoms with Crippen LogP contribution in [-0.4, -0.2) is 5.11 Å². The number of halogens is 3. The molecule has 1 N–H and O–H groups in total. The molecule has 0 aliphatic heterocycles. The normalized spacial score (nSPS) is 12.0. The summed E-state index contributed by atoms with van der Waals surface area (Å²) >= 11 is 0. The van der Waals surface area contributed by atoms with E-state index in [0.29, 0.717) is 18.1 Å². The second-order valence-electron chi connectivity index (χ2n) is 5.26. The fourth-order valence-corrected chi connectivity index (χ4v) is 2.42. The lowest BCUT2D eigenvalue weighted by molar-refractivity contribution is -0.136. The van der Waals surface area contributed by atoms with Crippen molar-refractivity contribution >= 4 is 11.0 Å². The van der Waals surface area contributed by atoms with Crippen LogP contribution in [0.15, 0.2) is 27.4 Å². The van der Waals surface area contributed by atoms with Crippen molar-refractivity contribution in [2.45, 2.75) is 45.2 Å². The smallest absolute Gasteiger partial charge is 0.417 e. The number of aryl methyl sites for hydroxylation is 1. The Bertz CT molecular complexity index is 717. The van der Waals surface area contributed by atoms with Gasteiger partial charge < -0.3 is 9.52 Å². The SMILES string of the molecule is CCCCCCc1cc2c(C(F)(F)F)cc(=O)oc2cc1O. The molecule has 3 nitrogen and oxygen atoms in total. The van der Waals surface area contributed by atoms with Crippen LogP contribution >= 0.6 is 0 Å². The standard InChI is InChI=1S/C16H17F3O3/c1-2-3-4-5-6-10-7-11-12(16(17,18)19)8-15(21)22-14(11)9-13(10)20/h7-9,20H,2-6H2,1H3. The van der Waals surface area contributed by atoms with Gasteiger partial charge >= 0.3 is 11.8 Å². The quantitative estimate of drug-likeness (QED) is 0.646. The number of hydrogen-bond donors (Lipinski definition) is 1. The molecule has 0 radical (unpaired) electrons. The number of phenolic OH excluding ortho intramolecular Hbond substituents is 1. The lowest BCUT2D eigenvalue weighted by Gasteiger charge is -2.11. The predicted octanol–water partition coefficient (Wildman–Crippen LogP) is 4.64. The number of fused-ring (bicyclic) bond motifs is 1. The number of hydrogen-bond acceptors (Lipinski definition) is 3. The third-order valence-electron chi connectivity index (χ3n) is 3.55. The molecule has 0 spiro atoms. The minimum atomic E-state index is -4.65. The van der Waals surface area contributed by atoms with Crippen LogP contribution in [-0.2, 0) is 12.6 Å². The third kappa shape index (κ3) is 3.61. The molecular weight excluding hydrogens is 297 g/mol. The summed E-state index contributed by atoms with van der Waals surface area (Å²) in [4.78, 5) is 11.2. The van der Waals surface area contributed by atoms with Gasteiger partial charge in [0.2, 0.25) is 0 Å². The fraction of sp³-hybridized carbons (Fsp3) is 0.438. The Labute approximate surface area is 125 Å². The Morgan fingerprint density at radius 2 is 1.86 bits per heavy atom. The van der Waals surface area contributed by atoms with Crippen molar-refractivity contribution in [2.24, 2.45) is 0 Å². The second-order valence-corrected chi connectivity index (χ2v) is 5.26. The number of rotatable bonds is 5. The molecule has 6 heteroatoms. The first-order valence-corrected chi connectivity index (χ1v) is 7.20. The maximum atomic E-state index is 13.0. The summed E-state index contributed by atoms with van der Waals surface area (Å²) in [5.74, 6) is -0.147. The van der Waals surface area contributed by atoms with Crippen molar-refractivity contribution in [3.8, 4) is 5.75 Å². The molecule has 22 heavy (non-hydrogen) atoms. The molecule has 1 aromatic carbocycles. The Morgan fingerprint density at radius 3 is 2.50 bits per heavy atom. The molecule has 0 atom stereocenters. The average Bonchev–Trinajstić information content (AvgIpc) is 2.42. The first-order chi connectivity index (χ1) is 10.3. The van der Waals surface area contributed by atoms with E-state index in [1.807, 2.05) is 0 Å². The molecule has 0 saturated carbocycles. The van der Waals surface area contributed by atoms with Gasteiger partial charge in [0.25, 0.3) is 0 Å². The van der Waals surface area contributed by atoms with E-state index in [-0.39, 0.29) is 16.7 Å². The van der Waals surface area contributed by atoms with Crippen molar-refractivity contribution in [3.63, 3.8) is 0 Å². The van der Waals surface area contributed by atoms with Crippen LogP contribution in [0.25, 0.3) is 11.0 Å². The van der Waals surface area contributed by atoms with E-state index < -0.39 is 17.4 Å². The molecule has 0 aliphatic rings. The largest absolute Gasteiger partial charge is 0.508 e. The highest BCUT2D eigenvalue weighted by atomic mass is 19.4. The molecule has 0 unspecified atom stereocenters. The number of benzene rings is 1. The van der Waals surface area contributed by atoms with E-state index in [1.165, 1.54) is 6.07 Å². The molecule has 0 saturated heterocycles. The lowest BCUT2D eigenvalue weighted by atomic mass is 10.0. The van der Waals surface area contributed by atoms with E-state index in [1.54, 1.807) is 0 Å². The van der Waals surface area contributed by atoms with E-state index >= 15 is 0 Å². The molecule has 2 aromatic rings. The maximum absolute atomic E-state index is 13.0. The summed E-state index contributed by atoms with van der Waals surface area (Å²) in [6.45, 7) is 2.06. The summed E-state index contributed by atoms with van der Waals surface area (Å²) < 4.78 is 43.9. The minimum Gasteiger partial charge on any atom is -0.508 e. The van der Waals surface area contributed by atoms with Gasteiger partial charge in [0.15, 0.2) is 0 Å². The van der Waals surface area contributed by atoms with Gasteiger partial charge in [-0.05, 0) is 24.5 Å². The van der Waals surface area contributed by atoms with Crippen molar-refractivity contribution in [1.29, 1.82) is 0 Å². The van der Waals surface area contributed by atoms with Crippen LogP contribution in [0.4, 0.5) is 13.2 Å². The number of unbranched alkanes of at least 4 members (excludes halogenated alkanes) is 3. The van der Waals surface area contributed by atoms with Crippen molar-refractivity contribution < 1.29 is 22.7 Å². The van der Waals surface area contributed by atoms with Crippen LogP contribution < -0.4 is 5.63 Å². The molecule has 0 fully saturated rings. The van der Waals surface area contributed by atoms with Gasteiger partial charge in [0.05, 0.1) is 5.56 Å². The number of phenols is 1. The van der Waals surface area contributed by atoms with Gasteiger partial charge in [-0.25, -0.2) is 4.79 Å². The minimum absolute atomic E-state index is 0.147. The highest BCUT2D eigenvalue weighted by molar-refractivity contribution is 5.83. The highest BCUT2D eigenvalue weighted by Gasteiger charge is 2.34. The molecule has 0 aliphatic carbocycles. The zero-order valence-corrected chi connectivity index (χ0v) is 12.2. The molecular formula is C16H17F3O3. The third-order valence-corrected chi connectivity index (χ3v) is 3.55. The monoisotopic (exact) mass is 314 g/mol. The average molecular weight is 314 g/mol. The van der Waals surface area contributed by atoms with Gasteiger partial charge in [0.1, 0.15) is 11.3 Å². The van der Waals surface area contributed by atoms with Gasteiger partial charge in [-0.2, -0.15) is 13.2 Å². The second kappa shape index (κ2) is 6.42. The molecule has 1 aromatic heterocycles. The van der Waals surface area contributed by atoms with Crippen LogP contribution in [0.2, 0.25) is 0 Å². The Kier molecular flexibility index (Phi) is 4.78. The van der Waals surface area contributed by atoms with Crippen LogP contribution in [0.1, 0.15) is 43.7 Å². The number of alkyl halides is 3. The Morgan fingerprint density at radius 1 is 1.14 bits per heavy atom. The number of aromatic hydroxyl groups is 1. The zero-order valence-electron chi connectivity index (χ0n) is 12.2. The van der Waals surface area contributed by atoms with E-state index in [0.717, 1.165) is 31.7 Å². The molecule has 0 bridgehead atoms. The summed E-state index contributed by atoms with van der Waals surface area (Å²) in [5, 5.41) is 9.71. The summed E-state index contributed by atoms with van der Waals surface area (Å²) in [7, 11) is 0. The van der Waals surface area contributed by atoms with Crippen molar-refractivity contribution in [1.82, 2.24) is 0 Å². The highest BCUT2D eigenvalue weighted by Crippen LogP contribution is 2.36. The topological polar surface area (TPSA) is 50.4 Å². The summed E-state index contributed by atoms with van der Waals surface area (Å²) in [6.07, 6.45) is -0.345. The van der Waals surface area contributed by atoms with Crippen molar-refractivity contribution in [3.05, 3.63) is 39.7 Å². The summed E-state index contributed by atoms with van der Waals surface area (Å²) in [6, 6.07) is 2.80. The van der Waals surface area contributed by atoms with Crippen LogP contribution in [0.3, 0.4) is 0 Å². The van der Waals surface area contributed by atoms with E-state index in [4.69, 9.17) is 4.42 Å². The van der Waals surface area contributed by atoms with Crippen LogP contribution in [0, 0.1) is 0 Å². The molecule has 0 amide bonds. The Hall–Kier alpha value is -1.98. The van der Waals surface area contributed by atoms with Gasteiger partial charge in [-0.3, -0.25) is 0 Å². The van der Waals surface area contributed by atoms with Gasteiger partial charge in [-0.1, -0.05) is 26.2 Å². The fourth-order valence-electron chi connectivity index (χ4n) is 2.42. The first-order valence-electron chi connectivity index (χ1n) is 7.20. The maximum Gasteiger partial charge on any atom is 0.417 e. The molecule has 2 rings (SSSR count). The predicted molar refractivity (Wildman–Crippen MR) is 77.0 cm³/mol. The first kappa shape index (κ1) is 16.4. The zero-order chi connectivity index (χ0) is 16.3. The van der Waals surface area contributed by atoms with E-state index in [9.17, 15) is 23.1 Å². The Balaban J connectivity index is 2.46.